The Bertz CT molecular complexity index is 174. The van der Waals surface area contributed by atoms with E-state index in [-0.39, 0.29) is 0 Å². The highest BCUT2D eigenvalue weighted by atomic mass is 14.9. The van der Waals surface area contributed by atoms with Crippen LogP contribution in [0.15, 0.2) is 0 Å². The second-order valence-corrected chi connectivity index (χ2v) is 5.60. The normalized spacial score (nSPS) is 31.8. The smallest absolute Gasteiger partial charge is 0.00952 e. The first-order valence-corrected chi connectivity index (χ1v) is 7.13. The van der Waals surface area contributed by atoms with Gasteiger partial charge >= 0.3 is 0 Å². The van der Waals surface area contributed by atoms with Crippen LogP contribution in [0.2, 0.25) is 0 Å². The van der Waals surface area contributed by atoms with E-state index < -0.39 is 0 Å². The number of hydrogen-bond donors (Lipinski definition) is 1. The maximum atomic E-state index is 3.81. The Morgan fingerprint density at radius 3 is 2.60 bits per heavy atom. The zero-order valence-corrected chi connectivity index (χ0v) is 10.3. The van der Waals surface area contributed by atoms with Gasteiger partial charge in [-0.25, -0.2) is 0 Å². The van der Waals surface area contributed by atoms with Crippen molar-refractivity contribution in [3.63, 3.8) is 0 Å². The standard InChI is InChI=1S/C14H27N/c1-2-13-7-3-4-8-14(13)15-11-5-6-12-9-10-12/h12-15H,2-11H2,1H3. The van der Waals surface area contributed by atoms with E-state index in [2.05, 4.69) is 12.2 Å². The molecule has 0 spiro atoms. The molecule has 2 unspecified atom stereocenters. The molecule has 2 aliphatic rings. The van der Waals surface area contributed by atoms with Crippen molar-refractivity contribution in [2.24, 2.45) is 11.8 Å². The van der Waals surface area contributed by atoms with Crippen LogP contribution in [0.4, 0.5) is 0 Å². The zero-order chi connectivity index (χ0) is 10.5. The summed E-state index contributed by atoms with van der Waals surface area (Å²) in [5.74, 6) is 2.08. The van der Waals surface area contributed by atoms with Crippen molar-refractivity contribution in [2.45, 2.75) is 70.8 Å². The molecule has 2 atom stereocenters. The lowest BCUT2D eigenvalue weighted by atomic mass is 9.83. The number of rotatable bonds is 6. The topological polar surface area (TPSA) is 12.0 Å². The largest absolute Gasteiger partial charge is 0.314 e. The molecule has 0 saturated heterocycles. The Morgan fingerprint density at radius 1 is 1.07 bits per heavy atom. The van der Waals surface area contributed by atoms with E-state index in [9.17, 15) is 0 Å². The van der Waals surface area contributed by atoms with Gasteiger partial charge in [-0.15, -0.1) is 0 Å². The molecular weight excluding hydrogens is 182 g/mol. The maximum absolute atomic E-state index is 3.81. The Labute approximate surface area is 95.0 Å². The zero-order valence-electron chi connectivity index (χ0n) is 10.3. The van der Waals surface area contributed by atoms with E-state index in [0.29, 0.717) is 0 Å². The Morgan fingerprint density at radius 2 is 1.87 bits per heavy atom. The van der Waals surface area contributed by atoms with Crippen LogP contribution in [-0.4, -0.2) is 12.6 Å². The molecular formula is C14H27N. The third-order valence-electron chi connectivity index (χ3n) is 4.33. The van der Waals surface area contributed by atoms with Gasteiger partial charge in [0, 0.05) is 6.04 Å². The summed E-state index contributed by atoms with van der Waals surface area (Å²) in [4.78, 5) is 0. The van der Waals surface area contributed by atoms with Crippen LogP contribution in [-0.2, 0) is 0 Å². The minimum atomic E-state index is 0.850. The molecule has 1 N–H and O–H groups in total. The average molecular weight is 209 g/mol. The molecule has 2 rings (SSSR count). The lowest BCUT2D eigenvalue weighted by Crippen LogP contribution is -2.38. The molecule has 1 heteroatoms. The van der Waals surface area contributed by atoms with Crippen LogP contribution in [0.1, 0.15) is 64.7 Å². The van der Waals surface area contributed by atoms with E-state index >= 15 is 0 Å². The minimum Gasteiger partial charge on any atom is -0.314 e. The van der Waals surface area contributed by atoms with E-state index in [0.717, 1.165) is 17.9 Å². The minimum absolute atomic E-state index is 0.850. The molecule has 0 bridgehead atoms. The number of hydrogen-bond acceptors (Lipinski definition) is 1. The lowest BCUT2D eigenvalue weighted by molar-refractivity contribution is 0.255. The van der Waals surface area contributed by atoms with Gasteiger partial charge in [0.15, 0.2) is 0 Å². The van der Waals surface area contributed by atoms with Crippen LogP contribution in [0.3, 0.4) is 0 Å². The van der Waals surface area contributed by atoms with Crippen molar-refractivity contribution in [3.8, 4) is 0 Å². The Hall–Kier alpha value is -0.0400. The highest BCUT2D eigenvalue weighted by Gasteiger charge is 2.23. The van der Waals surface area contributed by atoms with Gasteiger partial charge < -0.3 is 5.32 Å². The van der Waals surface area contributed by atoms with Gasteiger partial charge in [-0.05, 0) is 44.1 Å². The van der Waals surface area contributed by atoms with Gasteiger partial charge in [-0.3, -0.25) is 0 Å². The molecule has 1 nitrogen and oxygen atoms in total. The van der Waals surface area contributed by atoms with Gasteiger partial charge in [-0.2, -0.15) is 0 Å². The van der Waals surface area contributed by atoms with Crippen molar-refractivity contribution < 1.29 is 0 Å². The highest BCUT2D eigenvalue weighted by Crippen LogP contribution is 2.33. The molecule has 88 valence electrons. The first kappa shape index (κ1) is 11.4. The second-order valence-electron chi connectivity index (χ2n) is 5.60. The molecule has 0 heterocycles. The molecule has 2 saturated carbocycles. The maximum Gasteiger partial charge on any atom is 0.00952 e. The molecule has 2 fully saturated rings. The predicted octanol–water partition coefficient (Wildman–Crippen LogP) is 3.74. The van der Waals surface area contributed by atoms with Gasteiger partial charge in [0.25, 0.3) is 0 Å². The van der Waals surface area contributed by atoms with Crippen LogP contribution < -0.4 is 5.32 Å². The van der Waals surface area contributed by atoms with Crippen molar-refractivity contribution in [2.75, 3.05) is 6.54 Å². The Kier molecular flexibility index (Phi) is 4.49. The van der Waals surface area contributed by atoms with Crippen LogP contribution >= 0.6 is 0 Å². The second kappa shape index (κ2) is 5.89. The fourth-order valence-electron chi connectivity index (χ4n) is 3.05. The summed E-state index contributed by atoms with van der Waals surface area (Å²) in [5.41, 5.74) is 0. The summed E-state index contributed by atoms with van der Waals surface area (Å²) in [6, 6.07) is 0.850. The molecule has 2 aliphatic carbocycles. The summed E-state index contributed by atoms with van der Waals surface area (Å²) < 4.78 is 0. The third-order valence-corrected chi connectivity index (χ3v) is 4.33. The summed E-state index contributed by atoms with van der Waals surface area (Å²) in [6.07, 6.45) is 13.1. The van der Waals surface area contributed by atoms with Gasteiger partial charge in [-0.1, -0.05) is 39.0 Å². The fourth-order valence-corrected chi connectivity index (χ4v) is 3.05. The van der Waals surface area contributed by atoms with Gasteiger partial charge in [0.1, 0.15) is 0 Å². The fraction of sp³-hybridized carbons (Fsp3) is 1.00. The lowest BCUT2D eigenvalue weighted by Gasteiger charge is -2.31. The van der Waals surface area contributed by atoms with E-state index in [1.165, 1.54) is 64.3 Å². The van der Waals surface area contributed by atoms with Crippen molar-refractivity contribution >= 4 is 0 Å². The van der Waals surface area contributed by atoms with Crippen LogP contribution in [0, 0.1) is 11.8 Å². The average Bonchev–Trinajstić information content (AvgIpc) is 3.09. The van der Waals surface area contributed by atoms with Crippen molar-refractivity contribution in [1.82, 2.24) is 5.32 Å². The van der Waals surface area contributed by atoms with Crippen molar-refractivity contribution in [1.29, 1.82) is 0 Å². The molecule has 0 radical (unpaired) electrons. The van der Waals surface area contributed by atoms with Crippen molar-refractivity contribution in [3.05, 3.63) is 0 Å². The van der Waals surface area contributed by atoms with E-state index in [4.69, 9.17) is 0 Å². The van der Waals surface area contributed by atoms with Gasteiger partial charge in [0.05, 0.1) is 0 Å². The van der Waals surface area contributed by atoms with Crippen LogP contribution in [0.5, 0.6) is 0 Å². The van der Waals surface area contributed by atoms with E-state index in [1.807, 2.05) is 0 Å². The molecule has 0 aromatic rings. The van der Waals surface area contributed by atoms with Crippen LogP contribution in [0.25, 0.3) is 0 Å². The quantitative estimate of drug-likeness (QED) is 0.657. The summed E-state index contributed by atoms with van der Waals surface area (Å²) in [7, 11) is 0. The van der Waals surface area contributed by atoms with E-state index in [1.54, 1.807) is 0 Å². The molecule has 15 heavy (non-hydrogen) atoms. The highest BCUT2D eigenvalue weighted by molar-refractivity contribution is 4.80. The SMILES string of the molecule is CCC1CCCCC1NCCCC1CC1. The van der Waals surface area contributed by atoms with Gasteiger partial charge in [0.2, 0.25) is 0 Å². The summed E-state index contributed by atoms with van der Waals surface area (Å²) in [6.45, 7) is 3.63. The summed E-state index contributed by atoms with van der Waals surface area (Å²) in [5, 5.41) is 3.81. The molecule has 0 aliphatic heterocycles. The number of nitrogens with one attached hydrogen (secondary N) is 1. The summed E-state index contributed by atoms with van der Waals surface area (Å²) >= 11 is 0. The molecule has 0 aromatic heterocycles. The molecule has 0 amide bonds. The first-order chi connectivity index (χ1) is 7.40. The Balaban J connectivity index is 1.58. The first-order valence-electron chi connectivity index (χ1n) is 7.13. The monoisotopic (exact) mass is 209 g/mol. The predicted molar refractivity (Wildman–Crippen MR) is 66.0 cm³/mol. The third kappa shape index (κ3) is 3.79. The molecule has 0 aromatic carbocycles.